The van der Waals surface area contributed by atoms with Crippen molar-refractivity contribution in [3.8, 4) is 23.0 Å². The lowest BCUT2D eigenvalue weighted by Crippen LogP contribution is -2.60. The molecule has 0 amide bonds. The van der Waals surface area contributed by atoms with Crippen LogP contribution in [0.1, 0.15) is 11.1 Å². The van der Waals surface area contributed by atoms with Crippen molar-refractivity contribution >= 4 is 12.2 Å². The fourth-order valence-corrected chi connectivity index (χ4v) is 2.92. The van der Waals surface area contributed by atoms with Gasteiger partial charge in [0.2, 0.25) is 6.29 Å². The van der Waals surface area contributed by atoms with Crippen molar-refractivity contribution in [1.82, 2.24) is 0 Å². The summed E-state index contributed by atoms with van der Waals surface area (Å²) >= 11 is 0. The fraction of sp³-hybridized carbons (Fsp3) is 0.300. The summed E-state index contributed by atoms with van der Waals surface area (Å²) in [5, 5.41) is 68.5. The molecular formula is C20H22O9. The molecule has 1 fully saturated rings. The van der Waals surface area contributed by atoms with E-state index in [1.54, 1.807) is 18.2 Å². The second kappa shape index (κ2) is 8.68. The maximum Gasteiger partial charge on any atom is 0.229 e. The first kappa shape index (κ1) is 20.9. The highest BCUT2D eigenvalue weighted by Gasteiger charge is 2.45. The zero-order valence-corrected chi connectivity index (χ0v) is 15.2. The highest BCUT2D eigenvalue weighted by Crippen LogP contribution is 2.38. The van der Waals surface area contributed by atoms with E-state index in [9.17, 15) is 35.7 Å². The molecule has 2 aromatic carbocycles. The lowest BCUT2D eigenvalue weighted by Gasteiger charge is -2.39. The van der Waals surface area contributed by atoms with E-state index in [0.717, 1.165) is 6.07 Å². The molecule has 29 heavy (non-hydrogen) atoms. The van der Waals surface area contributed by atoms with Gasteiger partial charge in [0.1, 0.15) is 35.9 Å². The summed E-state index contributed by atoms with van der Waals surface area (Å²) in [5.74, 6) is -0.743. The molecule has 0 spiro atoms. The van der Waals surface area contributed by atoms with Crippen LogP contribution in [0.2, 0.25) is 0 Å². The molecule has 0 aromatic heterocycles. The van der Waals surface area contributed by atoms with Crippen LogP contribution in [0.15, 0.2) is 36.4 Å². The minimum atomic E-state index is -1.66. The van der Waals surface area contributed by atoms with Gasteiger partial charge in [-0.05, 0) is 23.8 Å². The van der Waals surface area contributed by atoms with Crippen molar-refractivity contribution in [2.24, 2.45) is 0 Å². The van der Waals surface area contributed by atoms with Gasteiger partial charge in [0.25, 0.3) is 0 Å². The van der Waals surface area contributed by atoms with Gasteiger partial charge in [-0.1, -0.05) is 24.3 Å². The molecule has 0 radical (unpaired) electrons. The summed E-state index contributed by atoms with van der Waals surface area (Å²) in [4.78, 5) is 0. The van der Waals surface area contributed by atoms with Crippen molar-refractivity contribution in [2.45, 2.75) is 30.7 Å². The number of hydrogen-bond donors (Lipinski definition) is 7. The van der Waals surface area contributed by atoms with Crippen molar-refractivity contribution in [3.05, 3.63) is 47.5 Å². The minimum absolute atomic E-state index is 0.101. The summed E-state index contributed by atoms with van der Waals surface area (Å²) in [7, 11) is 0. The van der Waals surface area contributed by atoms with Gasteiger partial charge in [-0.25, -0.2) is 0 Å². The molecule has 0 saturated carbocycles. The zero-order chi connectivity index (χ0) is 21.1. The average Bonchev–Trinajstić information content (AvgIpc) is 2.69. The van der Waals surface area contributed by atoms with E-state index in [0.29, 0.717) is 5.56 Å². The van der Waals surface area contributed by atoms with Gasteiger partial charge < -0.3 is 45.2 Å². The fourth-order valence-electron chi connectivity index (χ4n) is 2.92. The Bertz CT molecular complexity index is 863. The first-order chi connectivity index (χ1) is 13.8. The van der Waals surface area contributed by atoms with Crippen LogP contribution in [-0.4, -0.2) is 73.1 Å². The maximum atomic E-state index is 10.2. The average molecular weight is 406 g/mol. The number of ether oxygens (including phenoxy) is 2. The van der Waals surface area contributed by atoms with Gasteiger partial charge in [0, 0.05) is 11.6 Å². The van der Waals surface area contributed by atoms with Crippen LogP contribution >= 0.6 is 0 Å². The highest BCUT2D eigenvalue weighted by atomic mass is 16.7. The zero-order valence-electron chi connectivity index (χ0n) is 15.2. The Morgan fingerprint density at radius 2 is 1.55 bits per heavy atom. The van der Waals surface area contributed by atoms with Gasteiger partial charge >= 0.3 is 0 Å². The highest BCUT2D eigenvalue weighted by molar-refractivity contribution is 5.75. The molecule has 7 N–H and O–H groups in total. The third-order valence-electron chi connectivity index (χ3n) is 4.51. The Morgan fingerprint density at radius 3 is 2.21 bits per heavy atom. The number of aromatic hydroxyl groups is 3. The lowest BCUT2D eigenvalue weighted by molar-refractivity contribution is -0.277. The molecule has 0 unspecified atom stereocenters. The Balaban J connectivity index is 1.89. The van der Waals surface area contributed by atoms with E-state index < -0.39 is 43.1 Å². The van der Waals surface area contributed by atoms with Gasteiger partial charge in [0.05, 0.1) is 6.61 Å². The second-order valence-electron chi connectivity index (χ2n) is 6.62. The van der Waals surface area contributed by atoms with Crippen molar-refractivity contribution < 1.29 is 45.2 Å². The van der Waals surface area contributed by atoms with Crippen LogP contribution < -0.4 is 4.74 Å². The van der Waals surface area contributed by atoms with Crippen molar-refractivity contribution in [3.63, 3.8) is 0 Å². The van der Waals surface area contributed by atoms with Crippen LogP contribution in [0.5, 0.6) is 23.0 Å². The smallest absolute Gasteiger partial charge is 0.229 e. The van der Waals surface area contributed by atoms with Gasteiger partial charge in [-0.15, -0.1) is 0 Å². The summed E-state index contributed by atoms with van der Waals surface area (Å²) in [6.45, 7) is -0.625. The topological polar surface area (TPSA) is 160 Å². The molecule has 5 atom stereocenters. The monoisotopic (exact) mass is 406 g/mol. The molecule has 156 valence electrons. The number of aliphatic hydroxyl groups is 4. The third kappa shape index (κ3) is 4.61. The number of phenols is 3. The van der Waals surface area contributed by atoms with E-state index in [2.05, 4.69) is 0 Å². The quantitative estimate of drug-likeness (QED) is 0.343. The van der Waals surface area contributed by atoms with Crippen LogP contribution in [-0.2, 0) is 4.74 Å². The van der Waals surface area contributed by atoms with E-state index in [-0.39, 0.29) is 22.8 Å². The summed E-state index contributed by atoms with van der Waals surface area (Å²) in [6.07, 6.45) is -4.36. The van der Waals surface area contributed by atoms with Gasteiger partial charge in [0.15, 0.2) is 11.5 Å². The Kier molecular flexibility index (Phi) is 6.26. The number of aliphatic hydroxyl groups excluding tert-OH is 4. The predicted molar refractivity (Wildman–Crippen MR) is 101 cm³/mol. The number of rotatable bonds is 5. The van der Waals surface area contributed by atoms with Gasteiger partial charge in [-0.2, -0.15) is 0 Å². The van der Waals surface area contributed by atoms with E-state index in [1.165, 1.54) is 24.3 Å². The number of benzene rings is 2. The molecule has 1 saturated heterocycles. The molecule has 9 nitrogen and oxygen atoms in total. The largest absolute Gasteiger partial charge is 0.508 e. The van der Waals surface area contributed by atoms with Crippen LogP contribution in [0.4, 0.5) is 0 Å². The minimum Gasteiger partial charge on any atom is -0.508 e. The predicted octanol–water partition coefficient (Wildman–Crippen LogP) is 0.152. The molecule has 0 bridgehead atoms. The summed E-state index contributed by atoms with van der Waals surface area (Å²) in [5.41, 5.74) is 0.942. The first-order valence-electron chi connectivity index (χ1n) is 8.80. The van der Waals surface area contributed by atoms with Crippen molar-refractivity contribution in [1.29, 1.82) is 0 Å². The molecule has 0 aliphatic carbocycles. The molecule has 9 heteroatoms. The molecule has 1 aliphatic rings. The second-order valence-corrected chi connectivity index (χ2v) is 6.62. The number of phenolic OH excluding ortho intramolecular Hbond substituents is 3. The lowest BCUT2D eigenvalue weighted by atomic mass is 9.99. The Labute approximate surface area is 165 Å². The molecular weight excluding hydrogens is 384 g/mol. The SMILES string of the molecule is OC[C@H]1O[C@@H](Oc2c(O)cc(O)cc2/C=C/c2ccc(O)cc2)[C@H](O)[C@@H](O)[C@H]1O. The van der Waals surface area contributed by atoms with Crippen LogP contribution in [0, 0.1) is 0 Å². The molecule has 1 heterocycles. The normalized spacial score (nSPS) is 27.2. The summed E-state index contributed by atoms with van der Waals surface area (Å²) < 4.78 is 10.8. The van der Waals surface area contributed by atoms with E-state index >= 15 is 0 Å². The Hall–Kier alpha value is -2.82. The van der Waals surface area contributed by atoms with E-state index in [4.69, 9.17) is 9.47 Å². The Morgan fingerprint density at radius 1 is 0.862 bits per heavy atom. The first-order valence-corrected chi connectivity index (χ1v) is 8.80. The van der Waals surface area contributed by atoms with Crippen LogP contribution in [0.25, 0.3) is 12.2 Å². The van der Waals surface area contributed by atoms with Crippen LogP contribution in [0.3, 0.4) is 0 Å². The van der Waals surface area contributed by atoms with Crippen molar-refractivity contribution in [2.75, 3.05) is 6.61 Å². The molecule has 2 aromatic rings. The summed E-state index contributed by atoms with van der Waals surface area (Å²) in [6, 6.07) is 8.60. The van der Waals surface area contributed by atoms with E-state index in [1.807, 2.05) is 0 Å². The number of hydrogen-bond acceptors (Lipinski definition) is 9. The van der Waals surface area contributed by atoms with Gasteiger partial charge in [-0.3, -0.25) is 0 Å². The maximum absolute atomic E-state index is 10.2. The molecule has 3 rings (SSSR count). The standard InChI is InChI=1S/C20H22O9/c21-9-15-16(25)17(26)18(27)20(28-15)29-19-11(7-13(23)8-14(19)24)4-1-10-2-5-12(22)6-3-10/h1-8,15-18,20-27H,9H2/b4-1+/t15-,16+,17+,18-,20+/m1/s1. The third-order valence-corrected chi connectivity index (χ3v) is 4.51. The molecule has 1 aliphatic heterocycles.